The van der Waals surface area contributed by atoms with Crippen molar-refractivity contribution in [1.82, 2.24) is 4.90 Å². The Morgan fingerprint density at radius 1 is 1.27 bits per heavy atom. The SMILES string of the molecule is C[C@H](C(N)=O)N(C)CC(O)COc1cccc2ccccc12. The number of rotatable bonds is 7. The molecule has 22 heavy (non-hydrogen) atoms. The van der Waals surface area contributed by atoms with Crippen LogP contribution in [0.2, 0.25) is 0 Å². The minimum Gasteiger partial charge on any atom is -0.490 e. The highest BCUT2D eigenvalue weighted by Crippen LogP contribution is 2.25. The molecule has 0 heterocycles. The molecular formula is C17H22N2O3. The molecule has 0 aliphatic carbocycles. The summed E-state index contributed by atoms with van der Waals surface area (Å²) in [5, 5.41) is 12.2. The van der Waals surface area contributed by atoms with Gasteiger partial charge in [-0.25, -0.2) is 0 Å². The first-order valence-electron chi connectivity index (χ1n) is 7.27. The van der Waals surface area contributed by atoms with Gasteiger partial charge in [-0.3, -0.25) is 9.69 Å². The fraction of sp³-hybridized carbons (Fsp3) is 0.353. The molecule has 3 N–H and O–H groups in total. The number of aliphatic hydroxyl groups is 1. The number of fused-ring (bicyclic) bond motifs is 1. The lowest BCUT2D eigenvalue weighted by molar-refractivity contribution is -0.122. The van der Waals surface area contributed by atoms with Crippen LogP contribution in [0.15, 0.2) is 42.5 Å². The van der Waals surface area contributed by atoms with Crippen molar-refractivity contribution in [2.75, 3.05) is 20.2 Å². The van der Waals surface area contributed by atoms with Gasteiger partial charge in [0.25, 0.3) is 0 Å². The predicted molar refractivity (Wildman–Crippen MR) is 86.7 cm³/mol. The Kier molecular flexibility index (Phi) is 5.35. The molecule has 0 bridgehead atoms. The highest BCUT2D eigenvalue weighted by atomic mass is 16.5. The maximum atomic E-state index is 11.1. The number of nitrogens with two attached hydrogens (primary N) is 1. The number of primary amides is 1. The van der Waals surface area contributed by atoms with E-state index < -0.39 is 18.1 Å². The van der Waals surface area contributed by atoms with E-state index in [4.69, 9.17) is 10.5 Å². The Labute approximate surface area is 130 Å². The minimum absolute atomic E-state index is 0.157. The van der Waals surface area contributed by atoms with Gasteiger partial charge in [0.1, 0.15) is 18.5 Å². The standard InChI is InChI=1S/C17H22N2O3/c1-12(17(18)21)19(2)10-14(20)11-22-16-9-5-7-13-6-3-4-8-15(13)16/h3-9,12,14,20H,10-11H2,1-2H3,(H2,18,21)/t12-,14?/m1/s1. The molecule has 118 valence electrons. The molecule has 2 rings (SSSR count). The zero-order valence-corrected chi connectivity index (χ0v) is 12.9. The van der Waals surface area contributed by atoms with Gasteiger partial charge < -0.3 is 15.6 Å². The van der Waals surface area contributed by atoms with Crippen LogP contribution in [0.4, 0.5) is 0 Å². The van der Waals surface area contributed by atoms with E-state index in [1.165, 1.54) is 0 Å². The average molecular weight is 302 g/mol. The number of likely N-dealkylation sites (N-methyl/N-ethyl adjacent to an activating group) is 1. The van der Waals surface area contributed by atoms with Gasteiger partial charge in [-0.1, -0.05) is 36.4 Å². The molecule has 5 nitrogen and oxygen atoms in total. The molecule has 0 fully saturated rings. The van der Waals surface area contributed by atoms with Crippen molar-refractivity contribution in [3.63, 3.8) is 0 Å². The van der Waals surface area contributed by atoms with E-state index in [0.717, 1.165) is 16.5 Å². The van der Waals surface area contributed by atoms with Crippen molar-refractivity contribution < 1.29 is 14.6 Å². The molecule has 0 radical (unpaired) electrons. The molecular weight excluding hydrogens is 280 g/mol. The molecule has 0 saturated carbocycles. The van der Waals surface area contributed by atoms with Crippen molar-refractivity contribution >= 4 is 16.7 Å². The number of hydrogen-bond acceptors (Lipinski definition) is 4. The Bertz CT molecular complexity index is 639. The fourth-order valence-corrected chi connectivity index (χ4v) is 2.27. The molecule has 2 aromatic rings. The van der Waals surface area contributed by atoms with Crippen LogP contribution in [-0.2, 0) is 4.79 Å². The smallest absolute Gasteiger partial charge is 0.234 e. The molecule has 2 aromatic carbocycles. The van der Waals surface area contributed by atoms with Crippen LogP contribution in [0.3, 0.4) is 0 Å². The lowest BCUT2D eigenvalue weighted by Gasteiger charge is -2.24. The van der Waals surface area contributed by atoms with Gasteiger partial charge in [0, 0.05) is 11.9 Å². The molecule has 0 aromatic heterocycles. The van der Waals surface area contributed by atoms with E-state index in [-0.39, 0.29) is 6.61 Å². The van der Waals surface area contributed by atoms with E-state index in [1.807, 2.05) is 42.5 Å². The Hall–Kier alpha value is -2.11. The third kappa shape index (κ3) is 3.96. The molecule has 2 atom stereocenters. The summed E-state index contributed by atoms with van der Waals surface area (Å²) in [6.07, 6.45) is -0.703. The fourth-order valence-electron chi connectivity index (χ4n) is 2.27. The summed E-state index contributed by atoms with van der Waals surface area (Å²) in [7, 11) is 1.75. The van der Waals surface area contributed by atoms with E-state index in [2.05, 4.69) is 0 Å². The van der Waals surface area contributed by atoms with Crippen molar-refractivity contribution in [3.05, 3.63) is 42.5 Å². The van der Waals surface area contributed by atoms with Gasteiger partial charge in [0.2, 0.25) is 5.91 Å². The summed E-state index contributed by atoms with van der Waals surface area (Å²) in [6.45, 7) is 2.18. The largest absolute Gasteiger partial charge is 0.490 e. The normalized spacial score (nSPS) is 14.0. The first-order chi connectivity index (χ1) is 10.5. The number of carbonyl (C=O) groups excluding carboxylic acids is 1. The number of hydrogen-bond donors (Lipinski definition) is 2. The maximum absolute atomic E-state index is 11.1. The maximum Gasteiger partial charge on any atom is 0.234 e. The lowest BCUT2D eigenvalue weighted by atomic mass is 10.1. The second-order valence-corrected chi connectivity index (χ2v) is 5.46. The first kappa shape index (κ1) is 16.3. The van der Waals surface area contributed by atoms with Gasteiger partial charge in [-0.2, -0.15) is 0 Å². The summed E-state index contributed by atoms with van der Waals surface area (Å²) >= 11 is 0. The summed E-state index contributed by atoms with van der Waals surface area (Å²) in [5.74, 6) is 0.326. The number of benzene rings is 2. The van der Waals surface area contributed by atoms with E-state index in [0.29, 0.717) is 6.54 Å². The topological polar surface area (TPSA) is 75.8 Å². The van der Waals surface area contributed by atoms with E-state index in [1.54, 1.807) is 18.9 Å². The summed E-state index contributed by atoms with van der Waals surface area (Å²) in [6, 6.07) is 13.3. The summed E-state index contributed by atoms with van der Waals surface area (Å²) in [4.78, 5) is 12.8. The van der Waals surface area contributed by atoms with Crippen molar-refractivity contribution in [2.24, 2.45) is 5.73 Å². The number of ether oxygens (including phenoxy) is 1. The lowest BCUT2D eigenvalue weighted by Crippen LogP contribution is -2.44. The van der Waals surface area contributed by atoms with E-state index >= 15 is 0 Å². The average Bonchev–Trinajstić information content (AvgIpc) is 2.51. The highest BCUT2D eigenvalue weighted by molar-refractivity contribution is 5.88. The Morgan fingerprint density at radius 3 is 2.68 bits per heavy atom. The third-order valence-corrected chi connectivity index (χ3v) is 3.75. The monoisotopic (exact) mass is 302 g/mol. The van der Waals surface area contributed by atoms with Crippen LogP contribution in [0.25, 0.3) is 10.8 Å². The molecule has 0 saturated heterocycles. The van der Waals surface area contributed by atoms with Crippen LogP contribution >= 0.6 is 0 Å². The minimum atomic E-state index is -0.703. The van der Waals surface area contributed by atoms with Crippen LogP contribution < -0.4 is 10.5 Å². The number of carbonyl (C=O) groups is 1. The molecule has 1 unspecified atom stereocenters. The van der Waals surface area contributed by atoms with Crippen LogP contribution in [0, 0.1) is 0 Å². The Morgan fingerprint density at radius 2 is 1.95 bits per heavy atom. The molecule has 0 aliphatic heterocycles. The third-order valence-electron chi connectivity index (χ3n) is 3.75. The first-order valence-corrected chi connectivity index (χ1v) is 7.27. The van der Waals surface area contributed by atoms with Crippen LogP contribution in [-0.4, -0.2) is 48.3 Å². The number of nitrogens with zero attached hydrogens (tertiary/aromatic N) is 1. The quantitative estimate of drug-likeness (QED) is 0.810. The van der Waals surface area contributed by atoms with Crippen molar-refractivity contribution in [2.45, 2.75) is 19.1 Å². The van der Waals surface area contributed by atoms with Gasteiger partial charge in [-0.15, -0.1) is 0 Å². The summed E-state index contributed by atoms with van der Waals surface area (Å²) in [5.41, 5.74) is 5.25. The van der Waals surface area contributed by atoms with Crippen LogP contribution in [0.1, 0.15) is 6.92 Å². The zero-order chi connectivity index (χ0) is 16.1. The van der Waals surface area contributed by atoms with E-state index in [9.17, 15) is 9.90 Å². The molecule has 0 spiro atoms. The molecule has 1 amide bonds. The van der Waals surface area contributed by atoms with Gasteiger partial charge in [0.15, 0.2) is 0 Å². The van der Waals surface area contributed by atoms with Gasteiger partial charge in [0.05, 0.1) is 6.04 Å². The zero-order valence-electron chi connectivity index (χ0n) is 12.9. The molecule has 0 aliphatic rings. The highest BCUT2D eigenvalue weighted by Gasteiger charge is 2.18. The second kappa shape index (κ2) is 7.24. The summed E-state index contributed by atoms with van der Waals surface area (Å²) < 4.78 is 5.73. The Balaban J connectivity index is 1.95. The van der Waals surface area contributed by atoms with Gasteiger partial charge >= 0.3 is 0 Å². The number of aliphatic hydroxyl groups excluding tert-OH is 1. The van der Waals surface area contributed by atoms with Crippen LogP contribution in [0.5, 0.6) is 5.75 Å². The molecule has 5 heteroatoms. The van der Waals surface area contributed by atoms with Gasteiger partial charge in [-0.05, 0) is 25.4 Å². The van der Waals surface area contributed by atoms with Crippen molar-refractivity contribution in [1.29, 1.82) is 0 Å². The van der Waals surface area contributed by atoms with Crippen molar-refractivity contribution in [3.8, 4) is 5.75 Å². The second-order valence-electron chi connectivity index (χ2n) is 5.46. The number of amides is 1. The predicted octanol–water partition coefficient (Wildman–Crippen LogP) is 1.39.